The van der Waals surface area contributed by atoms with Crippen LogP contribution in [-0.4, -0.2) is 49.9 Å². The van der Waals surface area contributed by atoms with E-state index < -0.39 is 23.6 Å². The Morgan fingerprint density at radius 1 is 1.00 bits per heavy atom. The molecule has 0 bridgehead atoms. The molecule has 3 aromatic rings. The minimum Gasteiger partial charge on any atom is -0.494 e. The Labute approximate surface area is 215 Å². The van der Waals surface area contributed by atoms with Crippen LogP contribution in [0.4, 0.5) is 8.78 Å². The quantitative estimate of drug-likeness (QED) is 0.347. The molecule has 37 heavy (non-hydrogen) atoms. The lowest BCUT2D eigenvalue weighted by Gasteiger charge is -2.38. The lowest BCUT2D eigenvalue weighted by Crippen LogP contribution is -2.37. The lowest BCUT2D eigenvalue weighted by atomic mass is 9.87. The third kappa shape index (κ3) is 6.38. The van der Waals surface area contributed by atoms with Gasteiger partial charge in [-0.1, -0.05) is 18.2 Å². The first kappa shape index (κ1) is 26.4. The average Bonchev–Trinajstić information content (AvgIpc) is 2.90. The highest BCUT2D eigenvalue weighted by atomic mass is 19.1. The number of methoxy groups -OCH3 is 2. The summed E-state index contributed by atoms with van der Waals surface area (Å²) in [5.41, 5.74) is 3.31. The smallest absolute Gasteiger partial charge is 0.303 e. The molecule has 6 nitrogen and oxygen atoms in total. The molecule has 0 aliphatic carbocycles. The summed E-state index contributed by atoms with van der Waals surface area (Å²) in [6.45, 7) is 1.80. The molecule has 0 fully saturated rings. The molecule has 0 spiro atoms. The van der Waals surface area contributed by atoms with Gasteiger partial charge in [-0.3, -0.25) is 9.69 Å². The van der Waals surface area contributed by atoms with E-state index in [1.54, 1.807) is 14.2 Å². The molecule has 196 valence electrons. The third-order valence-corrected chi connectivity index (χ3v) is 6.64. The maximum absolute atomic E-state index is 15.0. The highest BCUT2D eigenvalue weighted by Crippen LogP contribution is 2.41. The van der Waals surface area contributed by atoms with Crippen molar-refractivity contribution < 1.29 is 32.9 Å². The molecule has 1 unspecified atom stereocenters. The Balaban J connectivity index is 1.48. The van der Waals surface area contributed by atoms with Crippen LogP contribution in [0.3, 0.4) is 0 Å². The number of ether oxygens (including phenoxy) is 3. The Morgan fingerprint density at radius 2 is 1.73 bits per heavy atom. The summed E-state index contributed by atoms with van der Waals surface area (Å²) in [5.74, 6) is -0.130. The molecule has 8 heteroatoms. The molecule has 1 N–H and O–H groups in total. The van der Waals surface area contributed by atoms with Crippen LogP contribution in [0.1, 0.15) is 41.1 Å². The van der Waals surface area contributed by atoms with Crippen molar-refractivity contribution in [1.29, 1.82) is 0 Å². The van der Waals surface area contributed by atoms with Crippen molar-refractivity contribution in [1.82, 2.24) is 4.90 Å². The van der Waals surface area contributed by atoms with Crippen molar-refractivity contribution in [2.24, 2.45) is 0 Å². The van der Waals surface area contributed by atoms with Gasteiger partial charge in [0.15, 0.2) is 11.5 Å². The summed E-state index contributed by atoms with van der Waals surface area (Å²) in [6, 6.07) is 14.5. The molecule has 1 aliphatic rings. The second-order valence-corrected chi connectivity index (χ2v) is 9.00. The van der Waals surface area contributed by atoms with Crippen molar-refractivity contribution in [3.8, 4) is 17.2 Å². The zero-order chi connectivity index (χ0) is 26.4. The largest absolute Gasteiger partial charge is 0.494 e. The number of benzene rings is 3. The SMILES string of the molecule is COc1cc2c(cc1OC)C(c1ccc(F)cc1F)N(CCCOc1ccc(CCC(=O)O)cc1)CC2. The number of fused-ring (bicyclic) bond motifs is 1. The molecule has 0 saturated heterocycles. The standard InChI is InChI=1S/C29H31F2NO5/c1-35-26-16-20-12-14-32(13-3-15-37-22-8-4-19(5-9-22)6-11-28(33)34)29(24(20)18-27(26)36-2)23-10-7-21(30)17-25(23)31/h4-5,7-10,16-18,29H,3,6,11-15H2,1-2H3,(H,33,34). The molecule has 1 atom stereocenters. The second kappa shape index (κ2) is 12.1. The van der Waals surface area contributed by atoms with Gasteiger partial charge in [-0.05, 0) is 66.3 Å². The van der Waals surface area contributed by atoms with Gasteiger partial charge >= 0.3 is 5.97 Å². The Morgan fingerprint density at radius 3 is 2.41 bits per heavy atom. The topological polar surface area (TPSA) is 68.2 Å². The van der Waals surface area contributed by atoms with Crippen LogP contribution in [0, 0.1) is 11.6 Å². The number of carbonyl (C=O) groups is 1. The molecular formula is C29H31F2NO5. The van der Waals surface area contributed by atoms with Gasteiger partial charge in [0.1, 0.15) is 17.4 Å². The monoisotopic (exact) mass is 511 g/mol. The van der Waals surface area contributed by atoms with E-state index in [1.165, 1.54) is 12.1 Å². The van der Waals surface area contributed by atoms with Crippen molar-refractivity contribution in [2.75, 3.05) is 33.9 Å². The fourth-order valence-corrected chi connectivity index (χ4v) is 4.79. The maximum atomic E-state index is 15.0. The molecule has 4 rings (SSSR count). The van der Waals surface area contributed by atoms with E-state index in [1.807, 2.05) is 36.4 Å². The Hall–Kier alpha value is -3.65. The predicted octanol–water partition coefficient (Wildman–Crippen LogP) is 5.42. The number of halogens is 2. The molecule has 0 aromatic heterocycles. The minimum absolute atomic E-state index is 0.0909. The third-order valence-electron chi connectivity index (χ3n) is 6.64. The number of hydrogen-bond acceptors (Lipinski definition) is 5. The molecule has 1 aliphatic heterocycles. The molecule has 3 aromatic carbocycles. The van der Waals surface area contributed by atoms with E-state index in [0.29, 0.717) is 55.4 Å². The van der Waals surface area contributed by atoms with Crippen LogP contribution < -0.4 is 14.2 Å². The summed E-state index contributed by atoms with van der Waals surface area (Å²) < 4.78 is 45.6. The van der Waals surface area contributed by atoms with E-state index in [4.69, 9.17) is 19.3 Å². The number of hydrogen-bond donors (Lipinski definition) is 1. The fraction of sp³-hybridized carbons (Fsp3) is 0.345. The van der Waals surface area contributed by atoms with E-state index in [2.05, 4.69) is 4.90 Å². The predicted molar refractivity (Wildman–Crippen MR) is 136 cm³/mol. The fourth-order valence-electron chi connectivity index (χ4n) is 4.79. The van der Waals surface area contributed by atoms with Crippen LogP contribution >= 0.6 is 0 Å². The summed E-state index contributed by atoms with van der Waals surface area (Å²) in [6.07, 6.45) is 2.02. The number of aryl methyl sites for hydroxylation is 1. The molecule has 0 radical (unpaired) electrons. The summed E-state index contributed by atoms with van der Waals surface area (Å²) in [7, 11) is 3.15. The van der Waals surface area contributed by atoms with Crippen molar-refractivity contribution in [2.45, 2.75) is 31.7 Å². The van der Waals surface area contributed by atoms with Gasteiger partial charge in [-0.15, -0.1) is 0 Å². The van der Waals surface area contributed by atoms with Crippen LogP contribution in [0.5, 0.6) is 17.2 Å². The number of carboxylic acids is 1. The van der Waals surface area contributed by atoms with E-state index in [-0.39, 0.29) is 6.42 Å². The lowest BCUT2D eigenvalue weighted by molar-refractivity contribution is -0.136. The Kier molecular flexibility index (Phi) is 8.61. The van der Waals surface area contributed by atoms with Crippen LogP contribution in [-0.2, 0) is 17.6 Å². The summed E-state index contributed by atoms with van der Waals surface area (Å²) in [4.78, 5) is 12.9. The van der Waals surface area contributed by atoms with Crippen LogP contribution in [0.2, 0.25) is 0 Å². The normalized spacial score (nSPS) is 15.2. The van der Waals surface area contributed by atoms with Crippen LogP contribution in [0.15, 0.2) is 54.6 Å². The van der Waals surface area contributed by atoms with Crippen molar-refractivity contribution in [3.63, 3.8) is 0 Å². The average molecular weight is 512 g/mol. The molecule has 0 saturated carbocycles. The van der Waals surface area contributed by atoms with Crippen LogP contribution in [0.25, 0.3) is 0 Å². The first-order valence-corrected chi connectivity index (χ1v) is 12.3. The molecular weight excluding hydrogens is 480 g/mol. The van der Waals surface area contributed by atoms with Gasteiger partial charge in [-0.2, -0.15) is 0 Å². The number of aliphatic carboxylic acids is 1. The highest BCUT2D eigenvalue weighted by Gasteiger charge is 2.32. The maximum Gasteiger partial charge on any atom is 0.303 e. The summed E-state index contributed by atoms with van der Waals surface area (Å²) >= 11 is 0. The van der Waals surface area contributed by atoms with Crippen molar-refractivity contribution >= 4 is 5.97 Å². The number of carboxylic acid groups (broad SMARTS) is 1. The number of nitrogens with zero attached hydrogens (tertiary/aromatic N) is 1. The van der Waals surface area contributed by atoms with Gasteiger partial charge < -0.3 is 19.3 Å². The zero-order valence-corrected chi connectivity index (χ0v) is 21.0. The van der Waals surface area contributed by atoms with E-state index in [9.17, 15) is 13.6 Å². The first-order valence-electron chi connectivity index (χ1n) is 12.3. The zero-order valence-electron chi connectivity index (χ0n) is 21.0. The Bertz CT molecular complexity index is 1230. The second-order valence-electron chi connectivity index (χ2n) is 9.00. The minimum atomic E-state index is -0.822. The van der Waals surface area contributed by atoms with E-state index in [0.717, 1.165) is 29.2 Å². The van der Waals surface area contributed by atoms with Gasteiger partial charge in [0.05, 0.1) is 26.9 Å². The molecule has 1 heterocycles. The van der Waals surface area contributed by atoms with E-state index >= 15 is 0 Å². The molecule has 0 amide bonds. The van der Waals surface area contributed by atoms with Gasteiger partial charge in [0.2, 0.25) is 0 Å². The van der Waals surface area contributed by atoms with Gasteiger partial charge in [-0.25, -0.2) is 8.78 Å². The van der Waals surface area contributed by atoms with Gasteiger partial charge in [0, 0.05) is 31.1 Å². The van der Waals surface area contributed by atoms with Gasteiger partial charge in [0.25, 0.3) is 0 Å². The highest BCUT2D eigenvalue weighted by molar-refractivity contribution is 5.67. The first-order chi connectivity index (χ1) is 17.9. The van der Waals surface area contributed by atoms with Crippen molar-refractivity contribution in [3.05, 3.63) is 88.5 Å². The summed E-state index contributed by atoms with van der Waals surface area (Å²) in [5, 5.41) is 8.82. The number of rotatable bonds is 11.